The summed E-state index contributed by atoms with van der Waals surface area (Å²) in [7, 11) is -3.84. The zero-order chi connectivity index (χ0) is 15.6. The maximum Gasteiger partial charge on any atom is 0.244 e. The van der Waals surface area contributed by atoms with Gasteiger partial charge in [-0.15, -0.1) is 0 Å². The van der Waals surface area contributed by atoms with Gasteiger partial charge < -0.3 is 9.84 Å². The molecule has 1 aliphatic rings. The van der Waals surface area contributed by atoms with E-state index in [2.05, 4.69) is 0 Å². The van der Waals surface area contributed by atoms with Crippen molar-refractivity contribution in [3.05, 3.63) is 28.8 Å². The van der Waals surface area contributed by atoms with Crippen molar-refractivity contribution in [2.45, 2.75) is 24.0 Å². The first kappa shape index (κ1) is 16.2. The molecule has 1 aromatic carbocycles. The average Bonchev–Trinajstić information content (AvgIpc) is 2.46. The predicted octanol–water partition coefficient (Wildman–Crippen LogP) is 0.982. The van der Waals surface area contributed by atoms with Crippen LogP contribution in [0.3, 0.4) is 0 Å². The minimum atomic E-state index is -3.84. The highest BCUT2D eigenvalue weighted by atomic mass is 35.5. The highest BCUT2D eigenvalue weighted by molar-refractivity contribution is 7.89. The molecule has 0 saturated carbocycles. The standard InChI is InChI=1S/C13H15ClN2O4S/c1-9-6-16(7-11(8-17)20-9)21(18,19)13-4-10(5-15)2-3-12(13)14/h2-4,9,11,17H,6-8H2,1H3. The Hall–Kier alpha value is -1.17. The lowest BCUT2D eigenvalue weighted by atomic mass is 10.2. The van der Waals surface area contributed by atoms with Crippen LogP contribution in [0.25, 0.3) is 0 Å². The molecule has 1 fully saturated rings. The first-order valence-electron chi connectivity index (χ1n) is 6.34. The fourth-order valence-corrected chi connectivity index (χ4v) is 4.26. The van der Waals surface area contributed by atoms with Crippen molar-refractivity contribution in [3.63, 3.8) is 0 Å². The number of rotatable bonds is 3. The summed E-state index contributed by atoms with van der Waals surface area (Å²) in [4.78, 5) is -0.103. The van der Waals surface area contributed by atoms with Crippen LogP contribution in [0.15, 0.2) is 23.1 Å². The summed E-state index contributed by atoms with van der Waals surface area (Å²) >= 11 is 5.97. The predicted molar refractivity (Wildman–Crippen MR) is 76.3 cm³/mol. The van der Waals surface area contributed by atoms with E-state index in [1.807, 2.05) is 6.07 Å². The van der Waals surface area contributed by atoms with Crippen LogP contribution in [0.1, 0.15) is 12.5 Å². The lowest BCUT2D eigenvalue weighted by Crippen LogP contribution is -2.50. The number of morpholine rings is 1. The summed E-state index contributed by atoms with van der Waals surface area (Å²) < 4.78 is 32.0. The van der Waals surface area contributed by atoms with E-state index in [1.54, 1.807) is 6.92 Å². The van der Waals surface area contributed by atoms with Crippen molar-refractivity contribution >= 4 is 21.6 Å². The molecule has 0 radical (unpaired) electrons. The molecule has 6 nitrogen and oxygen atoms in total. The van der Waals surface area contributed by atoms with Gasteiger partial charge >= 0.3 is 0 Å². The van der Waals surface area contributed by atoms with Gasteiger partial charge in [-0.1, -0.05) is 11.6 Å². The van der Waals surface area contributed by atoms with Crippen LogP contribution >= 0.6 is 11.6 Å². The molecule has 1 aliphatic heterocycles. The van der Waals surface area contributed by atoms with Crippen molar-refractivity contribution in [2.75, 3.05) is 19.7 Å². The number of ether oxygens (including phenoxy) is 1. The Balaban J connectivity index is 2.40. The molecular formula is C13H15ClN2O4S. The lowest BCUT2D eigenvalue weighted by molar-refractivity contribution is -0.0750. The molecule has 114 valence electrons. The molecule has 2 atom stereocenters. The molecule has 2 rings (SSSR count). The molecule has 1 saturated heterocycles. The van der Waals surface area contributed by atoms with Gasteiger partial charge in [-0.2, -0.15) is 9.57 Å². The molecule has 1 N–H and O–H groups in total. The Bertz CT molecular complexity index is 671. The Morgan fingerprint density at radius 3 is 2.86 bits per heavy atom. The third-order valence-corrected chi connectivity index (χ3v) is 5.49. The quantitative estimate of drug-likeness (QED) is 0.892. The Morgan fingerprint density at radius 2 is 2.24 bits per heavy atom. The molecule has 0 aromatic heterocycles. The van der Waals surface area contributed by atoms with Crippen LogP contribution in [0, 0.1) is 11.3 Å². The van der Waals surface area contributed by atoms with E-state index in [9.17, 15) is 13.5 Å². The third kappa shape index (κ3) is 3.36. The monoisotopic (exact) mass is 330 g/mol. The zero-order valence-corrected chi connectivity index (χ0v) is 12.9. The maximum absolute atomic E-state index is 12.7. The van der Waals surface area contributed by atoms with Gasteiger partial charge in [0.15, 0.2) is 0 Å². The third-order valence-electron chi connectivity index (χ3n) is 3.17. The van der Waals surface area contributed by atoms with Gasteiger partial charge in [-0.3, -0.25) is 0 Å². The molecule has 21 heavy (non-hydrogen) atoms. The van der Waals surface area contributed by atoms with Crippen LogP contribution < -0.4 is 0 Å². The highest BCUT2D eigenvalue weighted by Gasteiger charge is 2.34. The molecule has 1 heterocycles. The summed E-state index contributed by atoms with van der Waals surface area (Å²) in [5, 5.41) is 18.1. The Labute approximate surface area is 128 Å². The number of sulfonamides is 1. The Morgan fingerprint density at radius 1 is 1.52 bits per heavy atom. The van der Waals surface area contributed by atoms with Gasteiger partial charge in [0.2, 0.25) is 10.0 Å². The summed E-state index contributed by atoms with van der Waals surface area (Å²) in [5.74, 6) is 0. The first-order valence-corrected chi connectivity index (χ1v) is 8.16. The van der Waals surface area contributed by atoms with Crippen molar-refractivity contribution < 1.29 is 18.3 Å². The van der Waals surface area contributed by atoms with E-state index in [-0.39, 0.29) is 41.3 Å². The van der Waals surface area contributed by atoms with E-state index in [4.69, 9.17) is 21.6 Å². The van der Waals surface area contributed by atoms with E-state index in [0.717, 1.165) is 0 Å². The lowest BCUT2D eigenvalue weighted by Gasteiger charge is -2.35. The number of aliphatic hydroxyl groups is 1. The molecule has 1 aromatic rings. The van der Waals surface area contributed by atoms with Crippen molar-refractivity contribution in [2.24, 2.45) is 0 Å². The fraction of sp³-hybridized carbons (Fsp3) is 0.462. The number of nitriles is 1. The molecule has 0 aliphatic carbocycles. The molecule has 0 bridgehead atoms. The second kappa shape index (κ2) is 6.30. The molecular weight excluding hydrogens is 316 g/mol. The molecule has 8 heteroatoms. The van der Waals surface area contributed by atoms with Gasteiger partial charge in [0.25, 0.3) is 0 Å². The van der Waals surface area contributed by atoms with Crippen molar-refractivity contribution in [1.82, 2.24) is 4.31 Å². The summed E-state index contributed by atoms with van der Waals surface area (Å²) in [6.07, 6.45) is -0.898. The second-order valence-electron chi connectivity index (χ2n) is 4.83. The van der Waals surface area contributed by atoms with Gasteiger partial charge in [0.05, 0.1) is 35.5 Å². The zero-order valence-electron chi connectivity index (χ0n) is 11.4. The van der Waals surface area contributed by atoms with E-state index < -0.39 is 16.1 Å². The smallest absolute Gasteiger partial charge is 0.244 e. The maximum atomic E-state index is 12.7. The van der Waals surface area contributed by atoms with E-state index in [0.29, 0.717) is 0 Å². The fourth-order valence-electron chi connectivity index (χ4n) is 2.21. The average molecular weight is 331 g/mol. The van der Waals surface area contributed by atoms with Crippen LogP contribution in [0.4, 0.5) is 0 Å². The largest absolute Gasteiger partial charge is 0.394 e. The summed E-state index contributed by atoms with van der Waals surface area (Å²) in [6.45, 7) is 1.70. The number of halogens is 1. The SMILES string of the molecule is CC1CN(S(=O)(=O)c2cc(C#N)ccc2Cl)CC(CO)O1. The molecule has 0 amide bonds. The van der Waals surface area contributed by atoms with E-state index >= 15 is 0 Å². The molecule has 2 unspecified atom stereocenters. The summed E-state index contributed by atoms with van der Waals surface area (Å²) in [6, 6.07) is 6.00. The highest BCUT2D eigenvalue weighted by Crippen LogP contribution is 2.27. The van der Waals surface area contributed by atoms with Crippen LogP contribution in [0.2, 0.25) is 5.02 Å². The minimum absolute atomic E-state index is 0.0519. The van der Waals surface area contributed by atoms with Gasteiger partial charge in [0.1, 0.15) is 4.90 Å². The number of benzene rings is 1. The summed E-state index contributed by atoms with van der Waals surface area (Å²) in [5.41, 5.74) is 0.220. The van der Waals surface area contributed by atoms with Crippen LogP contribution in [-0.4, -0.2) is 49.7 Å². The van der Waals surface area contributed by atoms with Crippen molar-refractivity contribution in [1.29, 1.82) is 5.26 Å². The minimum Gasteiger partial charge on any atom is -0.394 e. The number of hydrogen-bond donors (Lipinski definition) is 1. The van der Waals surface area contributed by atoms with Gasteiger partial charge in [0, 0.05) is 13.1 Å². The number of nitrogens with zero attached hydrogens (tertiary/aromatic N) is 2. The first-order chi connectivity index (χ1) is 9.88. The Kier molecular flexibility index (Phi) is 4.86. The second-order valence-corrected chi connectivity index (χ2v) is 7.14. The van der Waals surface area contributed by atoms with Crippen LogP contribution in [0.5, 0.6) is 0 Å². The molecule has 0 spiro atoms. The number of aliphatic hydroxyl groups excluding tert-OH is 1. The normalized spacial score (nSPS) is 23.7. The van der Waals surface area contributed by atoms with E-state index in [1.165, 1.54) is 22.5 Å². The van der Waals surface area contributed by atoms with Gasteiger partial charge in [-0.05, 0) is 25.1 Å². The topological polar surface area (TPSA) is 90.6 Å². The van der Waals surface area contributed by atoms with Gasteiger partial charge in [-0.25, -0.2) is 8.42 Å². The number of hydrogen-bond acceptors (Lipinski definition) is 5. The van der Waals surface area contributed by atoms with Crippen LogP contribution in [-0.2, 0) is 14.8 Å². The van der Waals surface area contributed by atoms with Crippen molar-refractivity contribution in [3.8, 4) is 6.07 Å².